The molecule has 2 aliphatic rings. The summed E-state index contributed by atoms with van der Waals surface area (Å²) in [7, 11) is 0. The molecule has 6 heteroatoms. The minimum absolute atomic E-state index is 0.245. The molecule has 0 amide bonds. The number of hydrogen-bond acceptors (Lipinski definition) is 4. The Bertz CT molecular complexity index is 1170. The molecule has 4 rings (SSSR count). The van der Waals surface area contributed by atoms with E-state index < -0.39 is 21.0 Å². The topological polar surface area (TPSA) is 52.6 Å². The molecule has 2 aliphatic carbocycles. The van der Waals surface area contributed by atoms with Crippen molar-refractivity contribution >= 4 is 18.1 Å². The van der Waals surface area contributed by atoms with E-state index >= 15 is 0 Å². The summed E-state index contributed by atoms with van der Waals surface area (Å²) in [5.41, 5.74) is 4.49. The Morgan fingerprint density at radius 1 is 0.906 bits per heavy atom. The van der Waals surface area contributed by atoms with Gasteiger partial charge in [0.1, 0.15) is 0 Å². The molecule has 0 aliphatic heterocycles. The maximum absolute atomic E-state index is 13.1. The van der Waals surface area contributed by atoms with Crippen molar-refractivity contribution < 1.29 is 31.0 Å². The SMILES string of the molecule is CCC(=O)[O][Ti]([O]C(=O)CC)([C]1=CC=CC1)([CH]1c2ccccc2-c2ccccc21)=[Si](C)C. The molecule has 0 saturated heterocycles. The van der Waals surface area contributed by atoms with Crippen molar-refractivity contribution in [2.75, 3.05) is 0 Å². The second kappa shape index (κ2) is 8.62. The molecule has 0 atom stereocenters. The first-order valence-corrected chi connectivity index (χ1v) is 19.1. The van der Waals surface area contributed by atoms with Crippen LogP contribution in [0, 0.1) is 0 Å². The van der Waals surface area contributed by atoms with E-state index in [1.165, 1.54) is 0 Å². The predicted octanol–water partition coefficient (Wildman–Crippen LogP) is 6.28. The molecule has 166 valence electrons. The standard InChI is InChI=1S/C13H9.C5H5.2C3H6O2.C2H6Si.Ti/c1-3-7-12-10(5-1)9-11-6-2-4-8-13(11)12;1-2-4-5-3-1;2*1-2-3(4)5;1-3-2;/h1-9H;1-3H,4H2;2*2H2,1H3,(H,4,5);1-2H3;/q;;;;;+2/p-2. The quantitative estimate of drug-likeness (QED) is 0.455. The zero-order valence-electron chi connectivity index (χ0n) is 19.2. The van der Waals surface area contributed by atoms with Crippen molar-refractivity contribution in [2.24, 2.45) is 0 Å². The summed E-state index contributed by atoms with van der Waals surface area (Å²) in [6.07, 6.45) is 5.84. The minimum atomic E-state index is -5.04. The number of carbonyl (C=O) groups is 2. The maximum atomic E-state index is 13.1. The average molecular weight is 482 g/mol. The number of fused-ring (bicyclic) bond motifs is 3. The van der Waals surface area contributed by atoms with E-state index in [4.69, 9.17) is 6.64 Å². The third-order valence-corrected chi connectivity index (χ3v) is 28.1. The van der Waals surface area contributed by atoms with Crippen LogP contribution >= 0.6 is 0 Å². The summed E-state index contributed by atoms with van der Waals surface area (Å²) in [4.78, 5) is 26.3. The monoisotopic (exact) mass is 482 g/mol. The molecule has 32 heavy (non-hydrogen) atoms. The molecule has 0 heterocycles. The van der Waals surface area contributed by atoms with Crippen molar-refractivity contribution in [3.05, 3.63) is 81.8 Å². The van der Waals surface area contributed by atoms with Crippen molar-refractivity contribution in [1.29, 1.82) is 0 Å². The zero-order valence-corrected chi connectivity index (χ0v) is 21.7. The molecular weight excluding hydrogens is 452 g/mol. The Hall–Kier alpha value is -2.21. The first kappa shape index (κ1) is 23.0. The van der Waals surface area contributed by atoms with Crippen LogP contribution in [-0.4, -0.2) is 18.1 Å². The average Bonchev–Trinajstić information content (AvgIpc) is 3.46. The summed E-state index contributed by atoms with van der Waals surface area (Å²) in [6.45, 7) is 7.94. The Labute approximate surface area is 192 Å². The molecule has 0 bridgehead atoms. The first-order chi connectivity index (χ1) is 15.4. The molecule has 0 N–H and O–H groups in total. The van der Waals surface area contributed by atoms with E-state index in [1.807, 2.05) is 30.3 Å². The van der Waals surface area contributed by atoms with Crippen LogP contribution < -0.4 is 0 Å². The van der Waals surface area contributed by atoms with Crippen molar-refractivity contribution in [1.82, 2.24) is 0 Å². The van der Waals surface area contributed by atoms with E-state index in [0.29, 0.717) is 6.42 Å². The summed E-state index contributed by atoms with van der Waals surface area (Å²) >= 11 is -5.04. The summed E-state index contributed by atoms with van der Waals surface area (Å²) in [5.74, 6) is -0.571. The van der Waals surface area contributed by atoms with Gasteiger partial charge in [-0.1, -0.05) is 0 Å². The van der Waals surface area contributed by atoms with Crippen LogP contribution in [0.5, 0.6) is 0 Å². The van der Waals surface area contributed by atoms with Crippen LogP contribution in [0.2, 0.25) is 13.1 Å². The molecule has 0 spiro atoms. The van der Waals surface area contributed by atoms with E-state index in [1.54, 1.807) is 13.8 Å². The third kappa shape index (κ3) is 3.21. The van der Waals surface area contributed by atoms with Gasteiger partial charge in [0.05, 0.1) is 0 Å². The second-order valence-corrected chi connectivity index (χ2v) is 25.4. The summed E-state index contributed by atoms with van der Waals surface area (Å²) in [5, 5.41) is 0. The van der Waals surface area contributed by atoms with Gasteiger partial charge in [-0.05, 0) is 0 Å². The first-order valence-electron chi connectivity index (χ1n) is 11.3. The number of hydrogen-bond donors (Lipinski definition) is 0. The van der Waals surface area contributed by atoms with E-state index in [-0.39, 0.29) is 29.0 Å². The molecule has 0 saturated carbocycles. The number of benzene rings is 2. The van der Waals surface area contributed by atoms with Gasteiger partial charge in [0.2, 0.25) is 0 Å². The molecular formula is C26H30O4SiTi. The molecule has 0 unspecified atom stereocenters. The van der Waals surface area contributed by atoms with E-state index in [9.17, 15) is 9.59 Å². The van der Waals surface area contributed by atoms with Crippen LogP contribution in [0.25, 0.3) is 11.1 Å². The molecule has 4 nitrogen and oxygen atoms in total. The molecule has 0 fully saturated rings. The fourth-order valence-electron chi connectivity index (χ4n) is 5.38. The van der Waals surface area contributed by atoms with E-state index in [0.717, 1.165) is 26.1 Å². The summed E-state index contributed by atoms with van der Waals surface area (Å²) < 4.78 is 14.3. The number of rotatable bonds is 6. The van der Waals surface area contributed by atoms with Gasteiger partial charge in [0.25, 0.3) is 0 Å². The zero-order chi connectivity index (χ0) is 23.0. The van der Waals surface area contributed by atoms with Crippen LogP contribution in [0.15, 0.2) is 70.6 Å². The van der Waals surface area contributed by atoms with Crippen LogP contribution in [0.1, 0.15) is 48.5 Å². The van der Waals surface area contributed by atoms with Gasteiger partial charge < -0.3 is 0 Å². The summed E-state index contributed by atoms with van der Waals surface area (Å²) in [6, 6.07) is 16.6. The van der Waals surface area contributed by atoms with Gasteiger partial charge in [-0.2, -0.15) is 0 Å². The molecule has 2 aromatic rings. The van der Waals surface area contributed by atoms with Crippen LogP contribution in [-0.2, 0) is 31.0 Å². The number of allylic oxidation sites excluding steroid dienone is 4. The van der Waals surface area contributed by atoms with Crippen molar-refractivity contribution in [2.45, 2.75) is 50.4 Å². The number of carbonyl (C=O) groups excluding carboxylic acids is 2. The van der Waals surface area contributed by atoms with E-state index in [2.05, 4.69) is 49.5 Å². The van der Waals surface area contributed by atoms with Crippen LogP contribution in [0.4, 0.5) is 0 Å². The predicted molar refractivity (Wildman–Crippen MR) is 126 cm³/mol. The Morgan fingerprint density at radius 3 is 1.81 bits per heavy atom. The molecule has 2 aromatic carbocycles. The third-order valence-electron chi connectivity index (χ3n) is 6.89. The molecule has 0 aromatic heterocycles. The van der Waals surface area contributed by atoms with Gasteiger partial charge in [0, 0.05) is 0 Å². The second-order valence-electron chi connectivity index (χ2n) is 8.73. The fourth-order valence-corrected chi connectivity index (χ4v) is 24.9. The fraction of sp³-hybridized carbons (Fsp3) is 0.308. The Balaban J connectivity index is 2.19. The Kier molecular flexibility index (Phi) is 6.19. The van der Waals surface area contributed by atoms with Crippen molar-refractivity contribution in [3.63, 3.8) is 0 Å². The molecule has 0 radical (unpaired) electrons. The van der Waals surface area contributed by atoms with Gasteiger partial charge >= 0.3 is 192 Å². The van der Waals surface area contributed by atoms with Gasteiger partial charge in [-0.15, -0.1) is 0 Å². The van der Waals surface area contributed by atoms with Gasteiger partial charge in [0.15, 0.2) is 0 Å². The van der Waals surface area contributed by atoms with Gasteiger partial charge in [-0.25, -0.2) is 0 Å². The van der Waals surface area contributed by atoms with Gasteiger partial charge in [-0.3, -0.25) is 0 Å². The Morgan fingerprint density at radius 2 is 1.41 bits per heavy atom. The normalized spacial score (nSPS) is 15.1. The van der Waals surface area contributed by atoms with Crippen molar-refractivity contribution in [3.8, 4) is 11.1 Å². The van der Waals surface area contributed by atoms with Crippen LogP contribution in [0.3, 0.4) is 0 Å².